The number of hydrogen-bond donors (Lipinski definition) is 2. The summed E-state index contributed by atoms with van der Waals surface area (Å²) in [5.41, 5.74) is 7.43. The fraction of sp³-hybridized carbons (Fsp3) is 0.200. The number of carboxylic acids is 1. The van der Waals surface area contributed by atoms with Crippen LogP contribution >= 0.6 is 11.8 Å². The highest BCUT2D eigenvalue weighted by Crippen LogP contribution is 2.27. The molecule has 2 rings (SSSR count). The summed E-state index contributed by atoms with van der Waals surface area (Å²) in [5, 5.41) is 8.50. The highest BCUT2D eigenvalue weighted by Gasteiger charge is 2.16. The van der Waals surface area contributed by atoms with Crippen LogP contribution in [0.25, 0.3) is 11.1 Å². The number of aliphatic carboxylic acids is 1. The number of carbonyl (C=O) groups is 1. The van der Waals surface area contributed by atoms with Crippen LogP contribution in [0.1, 0.15) is 6.92 Å². The second-order valence-corrected chi connectivity index (χ2v) is 4.60. The van der Waals surface area contributed by atoms with Crippen molar-refractivity contribution >= 4 is 34.5 Å². The summed E-state index contributed by atoms with van der Waals surface area (Å²) in [6, 6.07) is 5.13. The van der Waals surface area contributed by atoms with Crippen molar-refractivity contribution in [1.29, 1.82) is 0 Å². The number of nitrogens with two attached hydrogens (primary N) is 1. The maximum atomic E-state index is 10.7. The molecule has 5 nitrogen and oxygen atoms in total. The van der Waals surface area contributed by atoms with E-state index in [1.807, 2.05) is 0 Å². The first-order chi connectivity index (χ1) is 7.56. The van der Waals surface area contributed by atoms with Crippen molar-refractivity contribution in [2.24, 2.45) is 0 Å². The van der Waals surface area contributed by atoms with Gasteiger partial charge >= 0.3 is 5.97 Å². The molecule has 1 heterocycles. The molecule has 0 fully saturated rings. The molecule has 2 aromatic rings. The van der Waals surface area contributed by atoms with Crippen LogP contribution in [0.2, 0.25) is 0 Å². The molecule has 0 radical (unpaired) electrons. The van der Waals surface area contributed by atoms with E-state index in [4.69, 9.17) is 15.3 Å². The van der Waals surface area contributed by atoms with Gasteiger partial charge in [0.25, 0.3) is 5.22 Å². The fourth-order valence-electron chi connectivity index (χ4n) is 1.17. The molecule has 0 saturated carbocycles. The van der Waals surface area contributed by atoms with Gasteiger partial charge in [0.05, 0.1) is 0 Å². The topological polar surface area (TPSA) is 89.4 Å². The van der Waals surface area contributed by atoms with E-state index in [2.05, 4.69) is 4.98 Å². The van der Waals surface area contributed by atoms with E-state index >= 15 is 0 Å². The Morgan fingerprint density at radius 1 is 1.62 bits per heavy atom. The minimum Gasteiger partial charge on any atom is -0.480 e. The Morgan fingerprint density at radius 3 is 3.06 bits per heavy atom. The molecule has 0 amide bonds. The highest BCUT2D eigenvalue weighted by atomic mass is 32.2. The van der Waals surface area contributed by atoms with Crippen molar-refractivity contribution in [3.05, 3.63) is 18.2 Å². The predicted octanol–water partition coefficient (Wildman–Crippen LogP) is 1.98. The third kappa shape index (κ3) is 2.11. The average molecular weight is 238 g/mol. The molecule has 0 spiro atoms. The molecule has 0 bridgehead atoms. The van der Waals surface area contributed by atoms with Gasteiger partial charge in [0.2, 0.25) is 0 Å². The van der Waals surface area contributed by atoms with Crippen molar-refractivity contribution in [3.8, 4) is 0 Å². The third-order valence-corrected chi connectivity index (χ3v) is 2.95. The molecule has 0 aliphatic carbocycles. The molecular formula is C10H10N2O3S. The maximum absolute atomic E-state index is 10.7. The number of nitrogens with zero attached hydrogens (tertiary/aromatic N) is 1. The van der Waals surface area contributed by atoms with Crippen molar-refractivity contribution in [2.45, 2.75) is 17.4 Å². The molecular weight excluding hydrogens is 228 g/mol. The van der Waals surface area contributed by atoms with E-state index in [9.17, 15) is 4.79 Å². The molecule has 3 N–H and O–H groups in total. The van der Waals surface area contributed by atoms with Gasteiger partial charge in [-0.3, -0.25) is 4.79 Å². The van der Waals surface area contributed by atoms with Crippen LogP contribution in [-0.2, 0) is 4.79 Å². The Labute approximate surface area is 95.6 Å². The second kappa shape index (κ2) is 4.05. The lowest BCUT2D eigenvalue weighted by Gasteiger charge is -1.99. The number of carboxylic acid groups (broad SMARTS) is 1. The summed E-state index contributed by atoms with van der Waals surface area (Å²) >= 11 is 1.07. The number of fused-ring (bicyclic) bond motifs is 1. The van der Waals surface area contributed by atoms with E-state index in [1.165, 1.54) is 0 Å². The first-order valence-corrected chi connectivity index (χ1v) is 5.50. The van der Waals surface area contributed by atoms with Crippen LogP contribution < -0.4 is 5.73 Å². The Balaban J connectivity index is 2.29. The van der Waals surface area contributed by atoms with Crippen LogP contribution in [0, 0.1) is 0 Å². The van der Waals surface area contributed by atoms with Crippen LogP contribution in [0.15, 0.2) is 27.8 Å². The number of benzene rings is 1. The Morgan fingerprint density at radius 2 is 2.38 bits per heavy atom. The summed E-state index contributed by atoms with van der Waals surface area (Å²) in [5.74, 6) is -0.897. The van der Waals surface area contributed by atoms with Crippen molar-refractivity contribution in [2.75, 3.05) is 5.73 Å². The van der Waals surface area contributed by atoms with Gasteiger partial charge in [0.1, 0.15) is 10.8 Å². The Bertz CT molecular complexity index is 538. The van der Waals surface area contributed by atoms with Gasteiger partial charge in [-0.2, -0.15) is 0 Å². The lowest BCUT2D eigenvalue weighted by Crippen LogP contribution is -2.10. The fourth-order valence-corrected chi connectivity index (χ4v) is 1.86. The van der Waals surface area contributed by atoms with Crippen LogP contribution in [0.4, 0.5) is 5.69 Å². The van der Waals surface area contributed by atoms with Gasteiger partial charge < -0.3 is 15.3 Å². The van der Waals surface area contributed by atoms with Gasteiger partial charge in [-0.15, -0.1) is 0 Å². The number of thioether (sulfide) groups is 1. The molecule has 0 aliphatic heterocycles. The first-order valence-electron chi connectivity index (χ1n) is 4.62. The smallest absolute Gasteiger partial charge is 0.316 e. The van der Waals surface area contributed by atoms with E-state index in [1.54, 1.807) is 25.1 Å². The minimum atomic E-state index is -0.897. The first kappa shape index (κ1) is 10.8. The molecule has 84 valence electrons. The van der Waals surface area contributed by atoms with Gasteiger partial charge in [-0.05, 0) is 19.1 Å². The zero-order valence-corrected chi connectivity index (χ0v) is 9.32. The number of oxazole rings is 1. The normalized spacial score (nSPS) is 12.8. The third-order valence-electron chi connectivity index (χ3n) is 2.02. The van der Waals surface area contributed by atoms with E-state index < -0.39 is 11.2 Å². The standard InChI is InChI=1S/C10H10N2O3S/c1-5(9(13)14)16-10-12-7-3-2-6(11)4-8(7)15-10/h2-5H,11H2,1H3,(H,13,14). The SMILES string of the molecule is CC(Sc1nc2ccc(N)cc2o1)C(=O)O. The molecule has 0 aliphatic rings. The Kier molecular flexibility index (Phi) is 2.74. The van der Waals surface area contributed by atoms with Crippen LogP contribution in [-0.4, -0.2) is 21.3 Å². The predicted molar refractivity (Wildman–Crippen MR) is 61.4 cm³/mol. The van der Waals surface area contributed by atoms with Crippen LogP contribution in [0.3, 0.4) is 0 Å². The summed E-state index contributed by atoms with van der Waals surface area (Å²) in [7, 11) is 0. The zero-order valence-electron chi connectivity index (χ0n) is 8.51. The van der Waals surface area contributed by atoms with Crippen molar-refractivity contribution in [1.82, 2.24) is 4.98 Å². The van der Waals surface area contributed by atoms with Gasteiger partial charge in [0, 0.05) is 11.8 Å². The number of rotatable bonds is 3. The lowest BCUT2D eigenvalue weighted by molar-refractivity contribution is -0.136. The Hall–Kier alpha value is -1.69. The van der Waals surface area contributed by atoms with E-state index in [-0.39, 0.29) is 0 Å². The molecule has 1 atom stereocenters. The van der Waals surface area contributed by atoms with Crippen molar-refractivity contribution in [3.63, 3.8) is 0 Å². The van der Waals surface area contributed by atoms with Crippen molar-refractivity contribution < 1.29 is 14.3 Å². The summed E-state index contributed by atoms with van der Waals surface area (Å²) < 4.78 is 5.38. The minimum absolute atomic E-state index is 0.343. The largest absolute Gasteiger partial charge is 0.480 e. The quantitative estimate of drug-likeness (QED) is 0.627. The number of aromatic nitrogens is 1. The zero-order chi connectivity index (χ0) is 11.7. The monoisotopic (exact) mass is 238 g/mol. The summed E-state index contributed by atoms with van der Waals surface area (Å²) in [4.78, 5) is 14.8. The average Bonchev–Trinajstić information content (AvgIpc) is 2.58. The number of hydrogen-bond acceptors (Lipinski definition) is 5. The molecule has 0 saturated heterocycles. The van der Waals surface area contributed by atoms with Gasteiger partial charge in [-0.1, -0.05) is 11.8 Å². The maximum Gasteiger partial charge on any atom is 0.316 e. The number of nitrogen functional groups attached to an aromatic ring is 1. The van der Waals surface area contributed by atoms with E-state index in [0.29, 0.717) is 22.0 Å². The molecule has 1 aromatic heterocycles. The molecule has 1 unspecified atom stereocenters. The van der Waals surface area contributed by atoms with Gasteiger partial charge in [-0.25, -0.2) is 4.98 Å². The molecule has 1 aromatic carbocycles. The lowest BCUT2D eigenvalue weighted by atomic mass is 10.3. The highest BCUT2D eigenvalue weighted by molar-refractivity contribution is 8.00. The molecule has 6 heteroatoms. The van der Waals surface area contributed by atoms with E-state index in [0.717, 1.165) is 11.8 Å². The summed E-state index contributed by atoms with van der Waals surface area (Å²) in [6.45, 7) is 1.58. The second-order valence-electron chi connectivity index (χ2n) is 3.31. The number of anilines is 1. The molecule has 16 heavy (non-hydrogen) atoms. The van der Waals surface area contributed by atoms with Crippen LogP contribution in [0.5, 0.6) is 0 Å². The van der Waals surface area contributed by atoms with Gasteiger partial charge in [0.15, 0.2) is 5.58 Å². The summed E-state index contributed by atoms with van der Waals surface area (Å²) in [6.07, 6.45) is 0.